The van der Waals surface area contributed by atoms with Crippen molar-refractivity contribution in [3.63, 3.8) is 0 Å². The maximum atomic E-state index is 11.7. The Morgan fingerprint density at radius 3 is 2.60 bits per heavy atom. The lowest BCUT2D eigenvalue weighted by molar-refractivity contribution is -0.135. The smallest absolute Gasteiger partial charge is 0.247 e. The molecule has 1 amide bonds. The summed E-state index contributed by atoms with van der Waals surface area (Å²) in [6.45, 7) is 8.53. The van der Waals surface area contributed by atoms with E-state index in [0.29, 0.717) is 19.6 Å². The zero-order chi connectivity index (χ0) is 11.5. The summed E-state index contributed by atoms with van der Waals surface area (Å²) in [4.78, 5) is 24.8. The molecule has 1 atom stereocenters. The fraction of sp³-hybridized carbons (Fsp3) is 0.400. The third kappa shape index (κ3) is 2.28. The quantitative estimate of drug-likeness (QED) is 0.356. The van der Waals surface area contributed by atoms with Crippen LogP contribution in [-0.4, -0.2) is 39.8 Å². The van der Waals surface area contributed by atoms with Crippen molar-refractivity contribution in [2.45, 2.75) is 3.55 Å². The van der Waals surface area contributed by atoms with E-state index in [4.69, 9.17) is 0 Å². The number of ketones is 1. The topological polar surface area (TPSA) is 49.4 Å². The molecule has 0 spiro atoms. The van der Waals surface area contributed by atoms with Crippen molar-refractivity contribution in [3.05, 3.63) is 25.3 Å². The zero-order valence-corrected chi connectivity index (χ0v) is 10.5. The molecule has 0 aromatic rings. The molecular weight excluding hydrogens is 307 g/mol. The van der Waals surface area contributed by atoms with Crippen molar-refractivity contribution >= 4 is 34.3 Å². The maximum absolute atomic E-state index is 11.7. The molecule has 0 radical (unpaired) electrons. The van der Waals surface area contributed by atoms with Crippen LogP contribution in [0.3, 0.4) is 0 Å². The van der Waals surface area contributed by atoms with Gasteiger partial charge in [0.25, 0.3) is 0 Å². The molecule has 5 heteroatoms. The van der Waals surface area contributed by atoms with Crippen LogP contribution < -0.4 is 5.32 Å². The van der Waals surface area contributed by atoms with Gasteiger partial charge in [0, 0.05) is 19.6 Å². The molecule has 1 fully saturated rings. The van der Waals surface area contributed by atoms with Gasteiger partial charge in [0.2, 0.25) is 5.91 Å². The Morgan fingerprint density at radius 1 is 1.40 bits per heavy atom. The minimum Gasteiger partial charge on any atom is -0.315 e. The van der Waals surface area contributed by atoms with Crippen LogP contribution in [0.25, 0.3) is 0 Å². The summed E-state index contributed by atoms with van der Waals surface area (Å²) in [5, 5.41) is 3.10. The number of alkyl halides is 1. The number of hydrogen-bond acceptors (Lipinski definition) is 3. The van der Waals surface area contributed by atoms with Crippen LogP contribution in [0.1, 0.15) is 0 Å². The van der Waals surface area contributed by atoms with Crippen molar-refractivity contribution in [2.75, 3.05) is 19.6 Å². The predicted molar refractivity (Wildman–Crippen MR) is 66.7 cm³/mol. The van der Waals surface area contributed by atoms with Gasteiger partial charge in [-0.2, -0.15) is 0 Å². The highest BCUT2D eigenvalue weighted by molar-refractivity contribution is 14.1. The number of hydrogen-bond donors (Lipinski definition) is 1. The zero-order valence-electron chi connectivity index (χ0n) is 8.33. The van der Waals surface area contributed by atoms with E-state index in [-0.39, 0.29) is 11.7 Å². The van der Waals surface area contributed by atoms with Crippen LogP contribution in [0.5, 0.6) is 0 Å². The van der Waals surface area contributed by atoms with Crippen molar-refractivity contribution in [1.82, 2.24) is 10.2 Å². The molecule has 0 bridgehead atoms. The lowest BCUT2D eigenvalue weighted by Gasteiger charge is -2.41. The number of halogens is 1. The fourth-order valence-electron chi connectivity index (χ4n) is 1.49. The van der Waals surface area contributed by atoms with Crippen LogP contribution in [-0.2, 0) is 9.59 Å². The van der Waals surface area contributed by atoms with Crippen LogP contribution in [0.15, 0.2) is 25.3 Å². The van der Waals surface area contributed by atoms with Crippen LogP contribution in [0.2, 0.25) is 0 Å². The van der Waals surface area contributed by atoms with E-state index in [0.717, 1.165) is 0 Å². The first-order valence-electron chi connectivity index (χ1n) is 4.57. The Labute approximate surface area is 103 Å². The second-order valence-electron chi connectivity index (χ2n) is 3.20. The average molecular weight is 320 g/mol. The molecule has 1 saturated heterocycles. The molecule has 1 aliphatic heterocycles. The highest BCUT2D eigenvalue weighted by atomic mass is 127. The van der Waals surface area contributed by atoms with Crippen molar-refractivity contribution < 1.29 is 9.59 Å². The number of nitrogens with zero attached hydrogens (tertiary/aromatic N) is 1. The first kappa shape index (κ1) is 12.4. The normalized spacial score (nSPS) is 25.8. The lowest BCUT2D eigenvalue weighted by atomic mass is 10.1. The molecule has 1 unspecified atom stereocenters. The Hall–Kier alpha value is -0.690. The van der Waals surface area contributed by atoms with Crippen LogP contribution in [0.4, 0.5) is 0 Å². The standard InChI is InChI=1S/C10H13IN2O2/c1-3-8(14)10(11)7-12-5-6-13(10)9(15)4-2/h3-4,12H,1-2,5-7H2. The summed E-state index contributed by atoms with van der Waals surface area (Å²) < 4.78 is -0.858. The third-order valence-corrected chi connectivity index (χ3v) is 3.80. The average Bonchev–Trinajstić information content (AvgIpc) is 2.27. The molecule has 82 valence electrons. The molecule has 1 heterocycles. The molecule has 1 N–H and O–H groups in total. The summed E-state index contributed by atoms with van der Waals surface area (Å²) >= 11 is 1.99. The van der Waals surface area contributed by atoms with Gasteiger partial charge < -0.3 is 10.2 Å². The van der Waals surface area contributed by atoms with E-state index in [2.05, 4.69) is 18.5 Å². The van der Waals surface area contributed by atoms with Gasteiger partial charge in [0.1, 0.15) is 0 Å². The monoisotopic (exact) mass is 320 g/mol. The van der Waals surface area contributed by atoms with Gasteiger partial charge >= 0.3 is 0 Å². The van der Waals surface area contributed by atoms with Crippen LogP contribution in [0, 0.1) is 0 Å². The Balaban J connectivity index is 3.00. The Kier molecular flexibility index (Phi) is 4.04. The molecule has 4 nitrogen and oxygen atoms in total. The van der Waals surface area contributed by atoms with Gasteiger partial charge in [-0.3, -0.25) is 9.59 Å². The fourth-order valence-corrected chi connectivity index (χ4v) is 2.46. The van der Waals surface area contributed by atoms with E-state index in [1.165, 1.54) is 17.1 Å². The number of amides is 1. The highest BCUT2D eigenvalue weighted by Gasteiger charge is 2.43. The summed E-state index contributed by atoms with van der Waals surface area (Å²) in [7, 11) is 0. The van der Waals surface area contributed by atoms with Gasteiger partial charge in [0.05, 0.1) is 0 Å². The summed E-state index contributed by atoms with van der Waals surface area (Å²) in [6.07, 6.45) is 2.48. The Bertz CT molecular complexity index is 317. The summed E-state index contributed by atoms with van der Waals surface area (Å²) in [5.41, 5.74) is 0. The molecule has 0 aromatic carbocycles. The molecule has 1 rings (SSSR count). The highest BCUT2D eigenvalue weighted by Crippen LogP contribution is 2.27. The van der Waals surface area contributed by atoms with E-state index >= 15 is 0 Å². The number of rotatable bonds is 3. The molecule has 0 aliphatic carbocycles. The summed E-state index contributed by atoms with van der Waals surface area (Å²) in [6, 6.07) is 0. The van der Waals surface area contributed by atoms with Gasteiger partial charge in [-0.25, -0.2) is 0 Å². The number of carbonyl (C=O) groups excluding carboxylic acids is 2. The molecule has 0 aromatic heterocycles. The first-order valence-corrected chi connectivity index (χ1v) is 5.64. The van der Waals surface area contributed by atoms with Crippen molar-refractivity contribution in [2.24, 2.45) is 0 Å². The second kappa shape index (κ2) is 4.89. The van der Waals surface area contributed by atoms with E-state index in [1.807, 2.05) is 22.6 Å². The maximum Gasteiger partial charge on any atom is 0.247 e. The van der Waals surface area contributed by atoms with E-state index < -0.39 is 3.55 Å². The molecule has 0 saturated carbocycles. The summed E-state index contributed by atoms with van der Waals surface area (Å²) in [5.74, 6) is -0.383. The Morgan fingerprint density at radius 2 is 2.07 bits per heavy atom. The van der Waals surface area contributed by atoms with Gasteiger partial charge in [0.15, 0.2) is 9.33 Å². The number of piperazine rings is 1. The predicted octanol–water partition coefficient (Wildman–Crippen LogP) is 0.491. The minimum atomic E-state index is -0.858. The van der Waals surface area contributed by atoms with Gasteiger partial charge in [-0.1, -0.05) is 13.2 Å². The molecule has 15 heavy (non-hydrogen) atoms. The number of nitrogens with one attached hydrogen (secondary N) is 1. The first-order chi connectivity index (χ1) is 7.06. The lowest BCUT2D eigenvalue weighted by Crippen LogP contribution is -2.62. The SMILES string of the molecule is C=CC(=O)N1CCNCC1(I)C(=O)C=C. The third-order valence-electron chi connectivity index (χ3n) is 2.30. The van der Waals surface area contributed by atoms with Gasteiger partial charge in [-0.15, -0.1) is 0 Å². The second-order valence-corrected chi connectivity index (χ2v) is 4.98. The van der Waals surface area contributed by atoms with E-state index in [1.54, 1.807) is 0 Å². The number of carbonyl (C=O) groups is 2. The van der Waals surface area contributed by atoms with Crippen molar-refractivity contribution in [3.8, 4) is 0 Å². The largest absolute Gasteiger partial charge is 0.315 e. The van der Waals surface area contributed by atoms with E-state index in [9.17, 15) is 9.59 Å². The minimum absolute atomic E-state index is 0.162. The molecular formula is C10H13IN2O2. The van der Waals surface area contributed by atoms with Gasteiger partial charge in [-0.05, 0) is 34.7 Å². The molecule has 1 aliphatic rings. The van der Waals surface area contributed by atoms with Crippen molar-refractivity contribution in [1.29, 1.82) is 0 Å². The van der Waals surface area contributed by atoms with Crippen LogP contribution >= 0.6 is 22.6 Å².